The van der Waals surface area contributed by atoms with Crippen molar-refractivity contribution in [3.05, 3.63) is 33.8 Å². The quantitative estimate of drug-likeness (QED) is 0.754. The molecule has 7 nitrogen and oxygen atoms in total. The van der Waals surface area contributed by atoms with Gasteiger partial charge in [0.05, 0.1) is 12.2 Å². The van der Waals surface area contributed by atoms with E-state index < -0.39 is 0 Å². The fourth-order valence-electron chi connectivity index (χ4n) is 3.55. The lowest BCUT2D eigenvalue weighted by molar-refractivity contribution is 0.0942. The molecule has 0 spiro atoms. The normalized spacial score (nSPS) is 17.5. The van der Waals surface area contributed by atoms with Crippen LogP contribution < -0.4 is 10.6 Å². The highest BCUT2D eigenvalue weighted by molar-refractivity contribution is 7.10. The Morgan fingerprint density at radius 2 is 2.15 bits per heavy atom. The van der Waals surface area contributed by atoms with Crippen LogP contribution in [0.2, 0.25) is 0 Å². The van der Waals surface area contributed by atoms with Gasteiger partial charge < -0.3 is 10.6 Å². The van der Waals surface area contributed by atoms with Gasteiger partial charge >= 0.3 is 0 Å². The van der Waals surface area contributed by atoms with Crippen LogP contribution in [0.1, 0.15) is 39.8 Å². The van der Waals surface area contributed by atoms with Crippen molar-refractivity contribution in [2.45, 2.75) is 31.8 Å². The lowest BCUT2D eigenvalue weighted by Gasteiger charge is -2.26. The number of carbonyl (C=O) groups excluding carboxylic acids is 1. The third kappa shape index (κ3) is 5.42. The maximum Gasteiger partial charge on any atom is 0.273 e. The molecule has 0 atom stereocenters. The maximum absolute atomic E-state index is 12.3. The molecule has 2 aliphatic heterocycles. The molecule has 0 radical (unpaired) electrons. The van der Waals surface area contributed by atoms with Crippen molar-refractivity contribution in [3.8, 4) is 0 Å². The predicted octanol–water partition coefficient (Wildman–Crippen LogP) is 1.90. The van der Waals surface area contributed by atoms with E-state index in [2.05, 4.69) is 37.3 Å². The Hall–Kier alpha value is -1.19. The lowest BCUT2D eigenvalue weighted by atomic mass is 10.1. The van der Waals surface area contributed by atoms with Crippen LogP contribution in [-0.2, 0) is 13.0 Å². The Morgan fingerprint density at radius 1 is 1.33 bits per heavy atom. The number of rotatable bonds is 5. The fourth-order valence-corrected chi connectivity index (χ4v) is 4.44. The van der Waals surface area contributed by atoms with Gasteiger partial charge in [0.1, 0.15) is 0 Å². The molecule has 2 aliphatic rings. The van der Waals surface area contributed by atoms with Crippen molar-refractivity contribution in [3.63, 3.8) is 0 Å². The molecule has 0 unspecified atom stereocenters. The van der Waals surface area contributed by atoms with Gasteiger partial charge in [-0.3, -0.25) is 9.69 Å². The molecule has 27 heavy (non-hydrogen) atoms. The average Bonchev–Trinajstić information content (AvgIpc) is 3.31. The average molecular weight is 433 g/mol. The zero-order chi connectivity index (χ0) is 17.1. The first-order valence-corrected chi connectivity index (χ1v) is 9.86. The van der Waals surface area contributed by atoms with Crippen LogP contribution >= 0.6 is 36.2 Å². The first-order valence-electron chi connectivity index (χ1n) is 8.98. The van der Waals surface area contributed by atoms with Gasteiger partial charge in [-0.2, -0.15) is 0 Å². The molecule has 0 bridgehead atoms. The number of hydrogen-bond donors (Lipinski definition) is 2. The van der Waals surface area contributed by atoms with Gasteiger partial charge in [0.2, 0.25) is 0 Å². The zero-order valence-corrected chi connectivity index (χ0v) is 17.5. The van der Waals surface area contributed by atoms with Gasteiger partial charge in [-0.25, -0.2) is 4.68 Å². The maximum atomic E-state index is 12.3. The lowest BCUT2D eigenvalue weighted by Crippen LogP contribution is -2.37. The Morgan fingerprint density at radius 3 is 2.96 bits per heavy atom. The van der Waals surface area contributed by atoms with E-state index in [1.807, 2.05) is 16.0 Å². The number of halogens is 2. The van der Waals surface area contributed by atoms with Crippen LogP contribution in [0, 0.1) is 0 Å². The van der Waals surface area contributed by atoms with Crippen molar-refractivity contribution in [2.24, 2.45) is 0 Å². The van der Waals surface area contributed by atoms with Crippen molar-refractivity contribution in [2.75, 3.05) is 32.7 Å². The first kappa shape index (κ1) is 22.1. The molecule has 2 aromatic heterocycles. The highest BCUT2D eigenvalue weighted by Gasteiger charge is 2.19. The second kappa shape index (κ2) is 10.4. The van der Waals surface area contributed by atoms with Gasteiger partial charge in [0.25, 0.3) is 5.91 Å². The summed E-state index contributed by atoms with van der Waals surface area (Å²) in [4.78, 5) is 16.2. The van der Waals surface area contributed by atoms with Gasteiger partial charge in [-0.05, 0) is 49.4 Å². The van der Waals surface area contributed by atoms with Crippen molar-refractivity contribution < 1.29 is 4.79 Å². The SMILES string of the molecule is Cl.Cl.O=C(NCCN1CCc2sccc2C1)c1cn(C2CCNCC2)nn1. The molecule has 10 heteroatoms. The largest absolute Gasteiger partial charge is 0.349 e. The number of carbonyl (C=O) groups is 1. The van der Waals surface area contributed by atoms with E-state index in [-0.39, 0.29) is 30.7 Å². The van der Waals surface area contributed by atoms with Gasteiger partial charge in [-0.1, -0.05) is 5.21 Å². The van der Waals surface area contributed by atoms with Crippen LogP contribution in [0.4, 0.5) is 0 Å². The van der Waals surface area contributed by atoms with Gasteiger partial charge in [-0.15, -0.1) is 41.2 Å². The Balaban J connectivity index is 0.00000131. The third-order valence-electron chi connectivity index (χ3n) is 5.03. The number of piperidine rings is 1. The molecule has 2 aromatic rings. The van der Waals surface area contributed by atoms with Crippen molar-refractivity contribution in [1.82, 2.24) is 30.5 Å². The molecule has 0 aliphatic carbocycles. The van der Waals surface area contributed by atoms with Crippen LogP contribution in [0.5, 0.6) is 0 Å². The summed E-state index contributed by atoms with van der Waals surface area (Å²) in [5, 5.41) is 16.7. The molecule has 2 N–H and O–H groups in total. The van der Waals surface area contributed by atoms with Crippen LogP contribution in [-0.4, -0.2) is 58.5 Å². The second-order valence-corrected chi connectivity index (χ2v) is 7.72. The zero-order valence-electron chi connectivity index (χ0n) is 15.1. The summed E-state index contributed by atoms with van der Waals surface area (Å²) in [6, 6.07) is 2.56. The number of nitrogens with one attached hydrogen (secondary N) is 2. The van der Waals surface area contributed by atoms with Crippen LogP contribution in [0.15, 0.2) is 17.6 Å². The number of amides is 1. The van der Waals surface area contributed by atoms with E-state index in [4.69, 9.17) is 0 Å². The molecule has 4 rings (SSSR count). The topological polar surface area (TPSA) is 75.1 Å². The minimum absolute atomic E-state index is 0. The monoisotopic (exact) mass is 432 g/mol. The summed E-state index contributed by atoms with van der Waals surface area (Å²) >= 11 is 1.85. The van der Waals surface area contributed by atoms with E-state index in [1.54, 1.807) is 6.20 Å². The summed E-state index contributed by atoms with van der Waals surface area (Å²) in [5.41, 5.74) is 1.85. The molecule has 0 aromatic carbocycles. The second-order valence-electron chi connectivity index (χ2n) is 6.72. The highest BCUT2D eigenvalue weighted by Crippen LogP contribution is 2.23. The smallest absolute Gasteiger partial charge is 0.273 e. The van der Waals surface area contributed by atoms with Gasteiger partial charge in [0, 0.05) is 31.1 Å². The first-order chi connectivity index (χ1) is 12.3. The molecular formula is C17H26Cl2N6OS. The fraction of sp³-hybridized carbons (Fsp3) is 0.588. The predicted molar refractivity (Wildman–Crippen MR) is 111 cm³/mol. The van der Waals surface area contributed by atoms with Crippen molar-refractivity contribution >= 4 is 42.1 Å². The summed E-state index contributed by atoms with van der Waals surface area (Å²) < 4.78 is 1.85. The minimum atomic E-state index is -0.131. The number of aromatic nitrogens is 3. The van der Waals surface area contributed by atoms with E-state index in [0.29, 0.717) is 18.3 Å². The molecule has 4 heterocycles. The third-order valence-corrected chi connectivity index (χ3v) is 6.05. The molecule has 1 amide bonds. The van der Waals surface area contributed by atoms with E-state index >= 15 is 0 Å². The minimum Gasteiger partial charge on any atom is -0.349 e. The molecule has 1 fully saturated rings. The molecule has 1 saturated heterocycles. The molecule has 0 saturated carbocycles. The Bertz CT molecular complexity index is 731. The summed E-state index contributed by atoms with van der Waals surface area (Å²) in [6.07, 6.45) is 4.96. The van der Waals surface area contributed by atoms with Crippen LogP contribution in [0.3, 0.4) is 0 Å². The van der Waals surface area contributed by atoms with Crippen LogP contribution in [0.25, 0.3) is 0 Å². The highest BCUT2D eigenvalue weighted by atomic mass is 35.5. The summed E-state index contributed by atoms with van der Waals surface area (Å²) in [7, 11) is 0. The summed E-state index contributed by atoms with van der Waals surface area (Å²) in [5.74, 6) is -0.131. The standard InChI is InChI=1S/C17H24N6OS.2ClH/c24-17(15-12-23(21-20-15)14-1-5-18-6-2-14)19-7-9-22-8-3-16-13(11-22)4-10-25-16;;/h4,10,12,14,18H,1-3,5-9,11H2,(H,19,24);2*1H. The molecule has 150 valence electrons. The number of nitrogens with zero attached hydrogens (tertiary/aromatic N) is 4. The van der Waals surface area contributed by atoms with Crippen molar-refractivity contribution in [1.29, 1.82) is 0 Å². The molecular weight excluding hydrogens is 407 g/mol. The van der Waals surface area contributed by atoms with E-state index in [0.717, 1.165) is 52.0 Å². The van der Waals surface area contributed by atoms with E-state index in [1.165, 1.54) is 10.4 Å². The summed E-state index contributed by atoms with van der Waals surface area (Å²) in [6.45, 7) is 5.54. The number of thiophene rings is 1. The Kier molecular flexibility index (Phi) is 8.50. The number of fused-ring (bicyclic) bond motifs is 1. The number of hydrogen-bond acceptors (Lipinski definition) is 6. The van der Waals surface area contributed by atoms with E-state index in [9.17, 15) is 4.79 Å². The Labute approximate surface area is 175 Å². The van der Waals surface area contributed by atoms with Gasteiger partial charge in [0.15, 0.2) is 5.69 Å².